The van der Waals surface area contributed by atoms with Gasteiger partial charge in [-0.3, -0.25) is 0 Å². The first-order chi connectivity index (χ1) is 8.58. The Morgan fingerprint density at radius 1 is 0.833 bits per heavy atom. The highest BCUT2D eigenvalue weighted by Gasteiger charge is 2.21. The standard InChI is InChI=1S/C12H8ClN3O2/c13-7-1-3-9-11(5-7)15(17)10-4-2-8(14)6-12(10)16(9)18/h1-6H,14H2. The predicted octanol–water partition coefficient (Wildman–Crippen LogP) is 1.50. The fraction of sp³-hybridized carbons (Fsp3) is 0. The normalized spacial score (nSPS) is 11.2. The third-order valence-electron chi connectivity index (χ3n) is 2.81. The summed E-state index contributed by atoms with van der Waals surface area (Å²) in [5, 5.41) is 24.7. The molecular weight excluding hydrogens is 254 g/mol. The first-order valence-electron chi connectivity index (χ1n) is 5.21. The molecule has 18 heavy (non-hydrogen) atoms. The molecule has 0 aliphatic carbocycles. The molecule has 1 aromatic heterocycles. The molecule has 2 N–H and O–H groups in total. The van der Waals surface area contributed by atoms with E-state index in [2.05, 4.69) is 0 Å². The van der Waals surface area contributed by atoms with Crippen LogP contribution in [0.3, 0.4) is 0 Å². The summed E-state index contributed by atoms with van der Waals surface area (Å²) >= 11 is 5.84. The number of nitrogen functional groups attached to an aromatic ring is 1. The quantitative estimate of drug-likeness (QED) is 0.288. The fourth-order valence-corrected chi connectivity index (χ4v) is 2.13. The van der Waals surface area contributed by atoms with E-state index in [-0.39, 0.29) is 22.1 Å². The van der Waals surface area contributed by atoms with Gasteiger partial charge >= 0.3 is 0 Å². The van der Waals surface area contributed by atoms with E-state index in [0.717, 1.165) is 0 Å². The van der Waals surface area contributed by atoms with Crippen molar-refractivity contribution in [2.45, 2.75) is 0 Å². The van der Waals surface area contributed by atoms with Gasteiger partial charge in [0.25, 0.3) is 22.1 Å². The number of nitrogens with zero attached hydrogens (tertiary/aromatic N) is 2. The molecule has 0 saturated heterocycles. The minimum absolute atomic E-state index is 0.231. The maximum absolute atomic E-state index is 12.2. The van der Waals surface area contributed by atoms with Crippen molar-refractivity contribution >= 4 is 39.4 Å². The molecule has 0 amide bonds. The van der Waals surface area contributed by atoms with Crippen LogP contribution in [0.5, 0.6) is 0 Å². The Labute approximate surface area is 107 Å². The van der Waals surface area contributed by atoms with Crippen LogP contribution in [0.1, 0.15) is 0 Å². The maximum Gasteiger partial charge on any atom is 0.292 e. The lowest BCUT2D eigenvalue weighted by molar-refractivity contribution is -0.591. The highest BCUT2D eigenvalue weighted by Crippen LogP contribution is 2.18. The Balaban J connectivity index is 2.60. The second-order valence-corrected chi connectivity index (χ2v) is 4.41. The number of halogens is 1. The molecule has 0 bridgehead atoms. The molecule has 0 radical (unpaired) electrons. The SMILES string of the molecule is Nc1ccc2c(c1)[n+]([O-])c1ccc(Cl)cc1[n+]2[O-]. The zero-order chi connectivity index (χ0) is 12.9. The monoisotopic (exact) mass is 261 g/mol. The lowest BCUT2D eigenvalue weighted by Crippen LogP contribution is -2.39. The fourth-order valence-electron chi connectivity index (χ4n) is 1.97. The second-order valence-electron chi connectivity index (χ2n) is 3.97. The lowest BCUT2D eigenvalue weighted by atomic mass is 10.2. The molecule has 0 fully saturated rings. The van der Waals surface area contributed by atoms with Crippen LogP contribution < -0.4 is 15.2 Å². The predicted molar refractivity (Wildman–Crippen MR) is 68.8 cm³/mol. The van der Waals surface area contributed by atoms with Crippen molar-refractivity contribution in [2.24, 2.45) is 0 Å². The van der Waals surface area contributed by atoms with E-state index in [1.54, 1.807) is 12.1 Å². The van der Waals surface area contributed by atoms with Gasteiger partial charge in [0.15, 0.2) is 0 Å². The summed E-state index contributed by atoms with van der Waals surface area (Å²) < 4.78 is 1.37. The molecule has 6 heteroatoms. The molecule has 90 valence electrons. The van der Waals surface area contributed by atoms with Crippen molar-refractivity contribution in [1.82, 2.24) is 0 Å². The van der Waals surface area contributed by atoms with Gasteiger partial charge in [-0.1, -0.05) is 11.6 Å². The van der Waals surface area contributed by atoms with E-state index >= 15 is 0 Å². The Morgan fingerprint density at radius 2 is 1.39 bits per heavy atom. The number of benzene rings is 2. The largest absolute Gasteiger partial charge is 0.617 e. The Hall–Kier alpha value is -2.27. The van der Waals surface area contributed by atoms with Gasteiger partial charge in [-0.2, -0.15) is 9.46 Å². The molecule has 0 unspecified atom stereocenters. The van der Waals surface area contributed by atoms with Crippen LogP contribution in [0, 0.1) is 10.4 Å². The molecule has 1 heterocycles. The molecule has 3 rings (SSSR count). The third kappa shape index (κ3) is 1.41. The summed E-state index contributed by atoms with van der Waals surface area (Å²) in [7, 11) is 0. The highest BCUT2D eigenvalue weighted by atomic mass is 35.5. The van der Waals surface area contributed by atoms with E-state index in [0.29, 0.717) is 20.2 Å². The van der Waals surface area contributed by atoms with Crippen molar-refractivity contribution in [2.75, 3.05) is 5.73 Å². The maximum atomic E-state index is 12.2. The number of aromatic nitrogens is 2. The number of rotatable bonds is 0. The first kappa shape index (κ1) is 10.9. The molecule has 0 saturated carbocycles. The van der Waals surface area contributed by atoms with E-state index < -0.39 is 0 Å². The summed E-state index contributed by atoms with van der Waals surface area (Å²) in [6.07, 6.45) is 0. The highest BCUT2D eigenvalue weighted by molar-refractivity contribution is 6.31. The summed E-state index contributed by atoms with van der Waals surface area (Å²) in [5.41, 5.74) is 7.04. The first-order valence-corrected chi connectivity index (χ1v) is 5.59. The third-order valence-corrected chi connectivity index (χ3v) is 3.05. The van der Waals surface area contributed by atoms with E-state index in [1.807, 2.05) is 0 Å². The topological polar surface area (TPSA) is 79.9 Å². The summed E-state index contributed by atoms with van der Waals surface area (Å²) in [6, 6.07) is 9.12. The van der Waals surface area contributed by atoms with Crippen molar-refractivity contribution < 1.29 is 9.46 Å². The van der Waals surface area contributed by atoms with Crippen LogP contribution in [0.15, 0.2) is 36.4 Å². The summed E-state index contributed by atoms with van der Waals surface area (Å²) in [4.78, 5) is 0. The lowest BCUT2D eigenvalue weighted by Gasteiger charge is -2.07. The molecular formula is C12H8ClN3O2. The van der Waals surface area contributed by atoms with Gasteiger partial charge in [0.05, 0.1) is 0 Å². The number of fused-ring (bicyclic) bond motifs is 2. The van der Waals surface area contributed by atoms with Crippen molar-refractivity contribution in [1.29, 1.82) is 0 Å². The Morgan fingerprint density at radius 3 is 2.06 bits per heavy atom. The van der Waals surface area contributed by atoms with Gasteiger partial charge < -0.3 is 16.1 Å². The van der Waals surface area contributed by atoms with Crippen molar-refractivity contribution in [3.05, 3.63) is 51.8 Å². The Bertz CT molecular complexity index is 722. The van der Waals surface area contributed by atoms with E-state index in [4.69, 9.17) is 17.3 Å². The molecule has 0 aliphatic heterocycles. The van der Waals surface area contributed by atoms with Crippen molar-refractivity contribution in [3.8, 4) is 0 Å². The van der Waals surface area contributed by atoms with Gasteiger partial charge in [0.2, 0.25) is 0 Å². The zero-order valence-corrected chi connectivity index (χ0v) is 9.89. The average Bonchev–Trinajstić information content (AvgIpc) is 2.36. The Kier molecular flexibility index (Phi) is 2.18. The van der Waals surface area contributed by atoms with Crippen LogP contribution in [0.25, 0.3) is 22.1 Å². The van der Waals surface area contributed by atoms with Crippen LogP contribution in [-0.2, 0) is 0 Å². The van der Waals surface area contributed by atoms with Crippen LogP contribution in [-0.4, -0.2) is 0 Å². The average molecular weight is 262 g/mol. The van der Waals surface area contributed by atoms with Gasteiger partial charge in [-0.15, -0.1) is 0 Å². The smallest absolute Gasteiger partial charge is 0.292 e. The molecule has 0 aliphatic rings. The molecule has 0 atom stereocenters. The van der Waals surface area contributed by atoms with Crippen molar-refractivity contribution in [3.63, 3.8) is 0 Å². The van der Waals surface area contributed by atoms with E-state index in [1.165, 1.54) is 24.3 Å². The number of nitrogens with two attached hydrogens (primary N) is 1. The van der Waals surface area contributed by atoms with Gasteiger partial charge in [0, 0.05) is 35.0 Å². The molecule has 3 aromatic rings. The number of anilines is 1. The molecule has 2 aromatic carbocycles. The molecule has 0 spiro atoms. The van der Waals surface area contributed by atoms with Gasteiger partial charge in [-0.05, 0) is 12.1 Å². The minimum Gasteiger partial charge on any atom is -0.617 e. The van der Waals surface area contributed by atoms with Gasteiger partial charge in [-0.25, -0.2) is 0 Å². The van der Waals surface area contributed by atoms with E-state index in [9.17, 15) is 10.4 Å². The van der Waals surface area contributed by atoms with Crippen LogP contribution >= 0.6 is 11.6 Å². The minimum atomic E-state index is 0.231. The summed E-state index contributed by atoms with van der Waals surface area (Å²) in [5.74, 6) is 0. The second kappa shape index (κ2) is 3.61. The number of hydrogen-bond donors (Lipinski definition) is 1. The zero-order valence-electron chi connectivity index (χ0n) is 9.13. The van der Waals surface area contributed by atoms with Crippen LogP contribution in [0.4, 0.5) is 5.69 Å². The number of hydrogen-bond acceptors (Lipinski definition) is 3. The van der Waals surface area contributed by atoms with Crippen LogP contribution in [0.2, 0.25) is 5.02 Å². The van der Waals surface area contributed by atoms with Gasteiger partial charge in [0.1, 0.15) is 0 Å². The molecule has 5 nitrogen and oxygen atoms in total. The summed E-state index contributed by atoms with van der Waals surface area (Å²) in [6.45, 7) is 0.